The number of aliphatic hydroxyl groups is 1. The zero-order valence-electron chi connectivity index (χ0n) is 13.0. The maximum absolute atomic E-state index is 8.71. The van der Waals surface area contributed by atoms with E-state index in [4.69, 9.17) is 21.4 Å². The van der Waals surface area contributed by atoms with Crippen molar-refractivity contribution in [2.45, 2.75) is 26.0 Å². The van der Waals surface area contributed by atoms with Gasteiger partial charge in [0.05, 0.1) is 0 Å². The lowest BCUT2D eigenvalue weighted by atomic mass is 10.2. The van der Waals surface area contributed by atoms with Gasteiger partial charge in [0.25, 0.3) is 0 Å². The quantitative estimate of drug-likeness (QED) is 0.662. The van der Waals surface area contributed by atoms with Crippen LogP contribution < -0.4 is 10.1 Å². The molecule has 126 valence electrons. The fraction of sp³-hybridized carbons (Fsp3) is 0.333. The van der Waals surface area contributed by atoms with Gasteiger partial charge in [0.15, 0.2) is 0 Å². The second kappa shape index (κ2) is 11.3. The lowest BCUT2D eigenvalue weighted by Crippen LogP contribution is -2.14. The van der Waals surface area contributed by atoms with Crippen LogP contribution in [0.4, 0.5) is 0 Å². The molecule has 23 heavy (non-hydrogen) atoms. The van der Waals surface area contributed by atoms with E-state index in [0.29, 0.717) is 6.61 Å². The SMILES string of the molecule is Cl.OCCCCNCc1ccc(OCc2ccc(Cl)cc2)cc1. The molecule has 0 radical (unpaired) electrons. The largest absolute Gasteiger partial charge is 0.489 e. The van der Waals surface area contributed by atoms with Gasteiger partial charge in [-0.1, -0.05) is 35.9 Å². The van der Waals surface area contributed by atoms with Crippen LogP contribution in [-0.2, 0) is 13.2 Å². The van der Waals surface area contributed by atoms with Gasteiger partial charge in [0.1, 0.15) is 12.4 Å². The standard InChI is InChI=1S/C18H22ClNO2.ClH/c19-17-7-3-16(4-8-17)14-22-18-9-5-15(6-10-18)13-20-11-1-2-12-21;/h3-10,20-21H,1-2,11-14H2;1H. The third-order valence-corrected chi connectivity index (χ3v) is 3.58. The van der Waals surface area contributed by atoms with Crippen molar-refractivity contribution in [3.05, 3.63) is 64.7 Å². The van der Waals surface area contributed by atoms with Gasteiger partial charge >= 0.3 is 0 Å². The van der Waals surface area contributed by atoms with Gasteiger partial charge in [-0.25, -0.2) is 0 Å². The summed E-state index contributed by atoms with van der Waals surface area (Å²) in [7, 11) is 0. The van der Waals surface area contributed by atoms with Gasteiger partial charge in [0.2, 0.25) is 0 Å². The summed E-state index contributed by atoms with van der Waals surface area (Å²) in [5.74, 6) is 0.860. The van der Waals surface area contributed by atoms with Gasteiger partial charge in [-0.2, -0.15) is 0 Å². The molecule has 0 spiro atoms. The molecule has 0 unspecified atom stereocenters. The first-order chi connectivity index (χ1) is 10.8. The minimum absolute atomic E-state index is 0. The molecule has 0 aliphatic rings. The smallest absolute Gasteiger partial charge is 0.119 e. The summed E-state index contributed by atoms with van der Waals surface area (Å²) < 4.78 is 5.75. The van der Waals surface area contributed by atoms with Crippen LogP contribution in [0.25, 0.3) is 0 Å². The highest BCUT2D eigenvalue weighted by atomic mass is 35.5. The molecule has 0 saturated heterocycles. The topological polar surface area (TPSA) is 41.5 Å². The van der Waals surface area contributed by atoms with Crippen LogP contribution >= 0.6 is 24.0 Å². The fourth-order valence-electron chi connectivity index (χ4n) is 2.05. The number of hydrogen-bond acceptors (Lipinski definition) is 3. The van der Waals surface area contributed by atoms with Crippen molar-refractivity contribution in [3.63, 3.8) is 0 Å². The van der Waals surface area contributed by atoms with Gasteiger partial charge in [-0.3, -0.25) is 0 Å². The molecule has 2 aromatic rings. The summed E-state index contributed by atoms with van der Waals surface area (Å²) in [5.41, 5.74) is 2.32. The summed E-state index contributed by atoms with van der Waals surface area (Å²) in [6, 6.07) is 15.8. The molecular formula is C18H23Cl2NO2. The van der Waals surface area contributed by atoms with Crippen LogP contribution in [0.5, 0.6) is 5.75 Å². The number of aliphatic hydroxyl groups excluding tert-OH is 1. The number of ether oxygens (including phenoxy) is 1. The van der Waals surface area contributed by atoms with Crippen molar-refractivity contribution in [3.8, 4) is 5.75 Å². The molecule has 2 N–H and O–H groups in total. The highest BCUT2D eigenvalue weighted by Crippen LogP contribution is 2.15. The van der Waals surface area contributed by atoms with E-state index in [1.165, 1.54) is 5.56 Å². The molecule has 0 atom stereocenters. The predicted molar refractivity (Wildman–Crippen MR) is 97.5 cm³/mol. The number of benzene rings is 2. The Morgan fingerprint density at radius 3 is 2.22 bits per heavy atom. The summed E-state index contributed by atoms with van der Waals surface area (Å²) >= 11 is 5.86. The van der Waals surface area contributed by atoms with Crippen LogP contribution in [0.15, 0.2) is 48.5 Å². The summed E-state index contributed by atoms with van der Waals surface area (Å²) in [6.45, 7) is 2.57. The van der Waals surface area contributed by atoms with Crippen LogP contribution in [0.3, 0.4) is 0 Å². The van der Waals surface area contributed by atoms with E-state index < -0.39 is 0 Å². The highest BCUT2D eigenvalue weighted by molar-refractivity contribution is 6.30. The molecule has 3 nitrogen and oxygen atoms in total. The number of hydrogen-bond donors (Lipinski definition) is 2. The maximum Gasteiger partial charge on any atom is 0.119 e. The average Bonchev–Trinajstić information content (AvgIpc) is 2.55. The fourth-order valence-corrected chi connectivity index (χ4v) is 2.17. The lowest BCUT2D eigenvalue weighted by Gasteiger charge is -2.08. The molecule has 0 aromatic heterocycles. The normalized spacial score (nSPS) is 10.2. The van der Waals surface area contributed by atoms with E-state index >= 15 is 0 Å². The summed E-state index contributed by atoms with van der Waals surface area (Å²) in [4.78, 5) is 0. The van der Waals surface area contributed by atoms with Crippen LogP contribution in [0.2, 0.25) is 5.02 Å². The minimum Gasteiger partial charge on any atom is -0.489 e. The van der Waals surface area contributed by atoms with Crippen molar-refractivity contribution >= 4 is 24.0 Å². The van der Waals surface area contributed by atoms with Crippen LogP contribution in [-0.4, -0.2) is 18.3 Å². The van der Waals surface area contributed by atoms with Gasteiger partial charge < -0.3 is 15.2 Å². The van der Waals surface area contributed by atoms with Crippen molar-refractivity contribution in [1.29, 1.82) is 0 Å². The summed E-state index contributed by atoms with van der Waals surface area (Å²) in [5, 5.41) is 12.8. The lowest BCUT2D eigenvalue weighted by molar-refractivity contribution is 0.283. The first kappa shape index (κ1) is 19.8. The Kier molecular flexibility index (Phi) is 9.72. The molecule has 5 heteroatoms. The zero-order valence-corrected chi connectivity index (χ0v) is 14.6. The molecule has 0 amide bonds. The van der Waals surface area contributed by atoms with E-state index in [2.05, 4.69) is 17.4 Å². The third kappa shape index (κ3) is 7.71. The second-order valence-corrected chi connectivity index (χ2v) is 5.60. The molecular weight excluding hydrogens is 333 g/mol. The number of nitrogens with one attached hydrogen (secondary N) is 1. The number of halogens is 2. The van der Waals surface area contributed by atoms with E-state index in [1.807, 2.05) is 36.4 Å². The molecule has 0 aliphatic heterocycles. The highest BCUT2D eigenvalue weighted by Gasteiger charge is 1.98. The van der Waals surface area contributed by atoms with Crippen molar-refractivity contribution in [2.75, 3.05) is 13.2 Å². The van der Waals surface area contributed by atoms with Crippen LogP contribution in [0.1, 0.15) is 24.0 Å². The number of unbranched alkanes of at least 4 members (excludes halogenated alkanes) is 1. The molecule has 2 rings (SSSR count). The Morgan fingerprint density at radius 2 is 1.57 bits per heavy atom. The zero-order chi connectivity index (χ0) is 15.6. The third-order valence-electron chi connectivity index (χ3n) is 3.33. The van der Waals surface area contributed by atoms with E-state index in [1.54, 1.807) is 0 Å². The van der Waals surface area contributed by atoms with E-state index in [9.17, 15) is 0 Å². The number of rotatable bonds is 9. The summed E-state index contributed by atoms with van der Waals surface area (Å²) in [6.07, 6.45) is 1.85. The molecule has 2 aromatic carbocycles. The Balaban J connectivity index is 0.00000264. The Labute approximate surface area is 149 Å². The molecule has 0 aliphatic carbocycles. The van der Waals surface area contributed by atoms with E-state index in [-0.39, 0.29) is 19.0 Å². The Morgan fingerprint density at radius 1 is 0.913 bits per heavy atom. The first-order valence-electron chi connectivity index (χ1n) is 7.55. The second-order valence-electron chi connectivity index (χ2n) is 5.17. The van der Waals surface area contributed by atoms with Crippen molar-refractivity contribution < 1.29 is 9.84 Å². The monoisotopic (exact) mass is 355 g/mol. The van der Waals surface area contributed by atoms with Gasteiger partial charge in [0, 0.05) is 18.2 Å². The molecule has 0 saturated carbocycles. The molecule has 0 bridgehead atoms. The minimum atomic E-state index is 0. The van der Waals surface area contributed by atoms with E-state index in [0.717, 1.165) is 42.3 Å². The van der Waals surface area contributed by atoms with Gasteiger partial charge in [-0.05, 0) is 54.8 Å². The Bertz CT molecular complexity index is 544. The van der Waals surface area contributed by atoms with Crippen LogP contribution in [0, 0.1) is 0 Å². The first-order valence-corrected chi connectivity index (χ1v) is 7.93. The maximum atomic E-state index is 8.71. The van der Waals surface area contributed by atoms with Gasteiger partial charge in [-0.15, -0.1) is 12.4 Å². The van der Waals surface area contributed by atoms with Crippen molar-refractivity contribution in [2.24, 2.45) is 0 Å². The average molecular weight is 356 g/mol. The predicted octanol–water partition coefficient (Wildman–Crippen LogP) is 4.20. The Hall–Kier alpha value is -1.26. The molecule has 0 fully saturated rings. The molecule has 0 heterocycles. The van der Waals surface area contributed by atoms with Crippen molar-refractivity contribution in [1.82, 2.24) is 5.32 Å².